The molecule has 1 aromatic carbocycles. The number of nitrogens with one attached hydrogen (secondary N) is 1. The molecule has 0 saturated heterocycles. The van der Waals surface area contributed by atoms with Crippen molar-refractivity contribution in [3.63, 3.8) is 0 Å². The molecule has 19 heavy (non-hydrogen) atoms. The zero-order valence-electron chi connectivity index (χ0n) is 10.6. The van der Waals surface area contributed by atoms with Gasteiger partial charge in [0.2, 0.25) is 0 Å². The summed E-state index contributed by atoms with van der Waals surface area (Å²) in [5, 5.41) is 3.77. The molecule has 4 heteroatoms. The fourth-order valence-corrected chi connectivity index (χ4v) is 2.72. The van der Waals surface area contributed by atoms with E-state index in [4.69, 9.17) is 17.3 Å². The lowest BCUT2D eigenvalue weighted by Gasteiger charge is -2.20. The number of anilines is 3. The Morgan fingerprint density at radius 3 is 2.84 bits per heavy atom. The van der Waals surface area contributed by atoms with Gasteiger partial charge in [-0.15, -0.1) is 0 Å². The summed E-state index contributed by atoms with van der Waals surface area (Å²) in [5.74, 6) is 0.631. The van der Waals surface area contributed by atoms with Gasteiger partial charge in [0.25, 0.3) is 0 Å². The molecular formula is C15H16ClN3. The highest BCUT2D eigenvalue weighted by molar-refractivity contribution is 6.29. The van der Waals surface area contributed by atoms with E-state index in [1.165, 1.54) is 24.0 Å². The Balaban J connectivity index is 1.97. The average Bonchev–Trinajstić information content (AvgIpc) is 2.43. The van der Waals surface area contributed by atoms with E-state index in [2.05, 4.69) is 28.5 Å². The van der Waals surface area contributed by atoms with Crippen LogP contribution in [-0.4, -0.2) is 4.98 Å². The molecule has 3 nitrogen and oxygen atoms in total. The molecular weight excluding hydrogens is 258 g/mol. The molecule has 0 radical (unpaired) electrons. The van der Waals surface area contributed by atoms with E-state index in [1.807, 2.05) is 0 Å². The fourth-order valence-electron chi connectivity index (χ4n) is 2.57. The molecule has 0 saturated carbocycles. The summed E-state index contributed by atoms with van der Waals surface area (Å²) < 4.78 is 0. The lowest BCUT2D eigenvalue weighted by Crippen LogP contribution is -2.07. The van der Waals surface area contributed by atoms with Crippen LogP contribution in [0.3, 0.4) is 0 Å². The number of benzene rings is 1. The second kappa shape index (κ2) is 5.10. The van der Waals surface area contributed by atoms with Crippen LogP contribution in [0.15, 0.2) is 30.3 Å². The first-order chi connectivity index (χ1) is 9.24. The smallest absolute Gasteiger partial charge is 0.155 e. The number of nitrogens with two attached hydrogens (primary N) is 1. The molecule has 0 amide bonds. The lowest BCUT2D eigenvalue weighted by molar-refractivity contribution is 0.687. The highest BCUT2D eigenvalue weighted by Gasteiger charge is 2.13. The van der Waals surface area contributed by atoms with Crippen molar-refractivity contribution in [2.24, 2.45) is 0 Å². The van der Waals surface area contributed by atoms with Crippen LogP contribution in [-0.2, 0) is 12.8 Å². The first-order valence-electron chi connectivity index (χ1n) is 6.54. The van der Waals surface area contributed by atoms with Gasteiger partial charge in [-0.3, -0.25) is 0 Å². The Kier molecular flexibility index (Phi) is 3.30. The molecule has 98 valence electrons. The first kappa shape index (κ1) is 12.3. The second-order valence-electron chi connectivity index (χ2n) is 4.85. The molecule has 0 spiro atoms. The van der Waals surface area contributed by atoms with Crippen molar-refractivity contribution in [3.8, 4) is 0 Å². The average molecular weight is 274 g/mol. The van der Waals surface area contributed by atoms with Crippen molar-refractivity contribution in [1.29, 1.82) is 0 Å². The summed E-state index contributed by atoms with van der Waals surface area (Å²) in [7, 11) is 0. The van der Waals surface area contributed by atoms with Gasteiger partial charge in [-0.25, -0.2) is 4.98 Å². The first-order valence-corrected chi connectivity index (χ1v) is 6.91. The number of fused-ring (bicyclic) bond motifs is 1. The number of pyridine rings is 1. The minimum Gasteiger partial charge on any atom is -0.396 e. The van der Waals surface area contributed by atoms with Crippen LogP contribution >= 0.6 is 11.6 Å². The van der Waals surface area contributed by atoms with E-state index in [1.54, 1.807) is 12.1 Å². The molecule has 1 aliphatic carbocycles. The van der Waals surface area contributed by atoms with E-state index >= 15 is 0 Å². The molecule has 3 rings (SSSR count). The highest BCUT2D eigenvalue weighted by Crippen LogP contribution is 2.31. The van der Waals surface area contributed by atoms with E-state index < -0.39 is 0 Å². The number of rotatable bonds is 2. The number of hydrogen-bond acceptors (Lipinski definition) is 3. The number of nitrogens with zero attached hydrogens (tertiary/aromatic N) is 1. The van der Waals surface area contributed by atoms with E-state index in [0.29, 0.717) is 16.7 Å². The van der Waals surface area contributed by atoms with Gasteiger partial charge in [0.05, 0.1) is 5.69 Å². The van der Waals surface area contributed by atoms with E-state index in [-0.39, 0.29) is 0 Å². The molecule has 0 aliphatic heterocycles. The number of halogens is 1. The zero-order chi connectivity index (χ0) is 13.2. The molecule has 0 bridgehead atoms. The third-order valence-corrected chi connectivity index (χ3v) is 3.75. The van der Waals surface area contributed by atoms with Gasteiger partial charge in [-0.05, 0) is 55.0 Å². The molecule has 3 N–H and O–H groups in total. The fraction of sp³-hybridized carbons (Fsp3) is 0.267. The van der Waals surface area contributed by atoms with Crippen molar-refractivity contribution in [2.45, 2.75) is 25.7 Å². The van der Waals surface area contributed by atoms with Gasteiger partial charge >= 0.3 is 0 Å². The van der Waals surface area contributed by atoms with E-state index in [0.717, 1.165) is 18.5 Å². The van der Waals surface area contributed by atoms with Gasteiger partial charge in [-0.2, -0.15) is 0 Å². The summed E-state index contributed by atoms with van der Waals surface area (Å²) in [6.07, 6.45) is 4.78. The van der Waals surface area contributed by atoms with Crippen LogP contribution in [0, 0.1) is 0 Å². The Bertz CT molecular complexity index is 610. The van der Waals surface area contributed by atoms with Crippen molar-refractivity contribution in [1.82, 2.24) is 4.98 Å². The van der Waals surface area contributed by atoms with Gasteiger partial charge in [0.1, 0.15) is 5.15 Å². The largest absolute Gasteiger partial charge is 0.396 e. The summed E-state index contributed by atoms with van der Waals surface area (Å²) >= 11 is 5.92. The predicted molar refractivity (Wildman–Crippen MR) is 80.0 cm³/mol. The van der Waals surface area contributed by atoms with Crippen LogP contribution in [0.25, 0.3) is 0 Å². The third kappa shape index (κ3) is 2.51. The quantitative estimate of drug-likeness (QED) is 0.815. The summed E-state index contributed by atoms with van der Waals surface area (Å²) in [6.45, 7) is 0. The maximum Gasteiger partial charge on any atom is 0.155 e. The molecule has 0 atom stereocenters. The molecule has 2 aromatic rings. The monoisotopic (exact) mass is 273 g/mol. The van der Waals surface area contributed by atoms with E-state index in [9.17, 15) is 0 Å². The van der Waals surface area contributed by atoms with Crippen molar-refractivity contribution < 1.29 is 0 Å². The predicted octanol–water partition coefficient (Wildman–Crippen LogP) is 3.94. The lowest BCUT2D eigenvalue weighted by atomic mass is 9.90. The molecule has 1 aromatic heterocycles. The Labute approximate surface area is 117 Å². The summed E-state index contributed by atoms with van der Waals surface area (Å²) in [5.41, 5.74) is 10.4. The summed E-state index contributed by atoms with van der Waals surface area (Å²) in [4.78, 5) is 4.25. The van der Waals surface area contributed by atoms with Crippen LogP contribution in [0.4, 0.5) is 17.2 Å². The number of hydrogen-bond donors (Lipinski definition) is 2. The van der Waals surface area contributed by atoms with Crippen LogP contribution in [0.5, 0.6) is 0 Å². The van der Waals surface area contributed by atoms with Gasteiger partial charge in [-0.1, -0.05) is 23.7 Å². The van der Waals surface area contributed by atoms with Gasteiger partial charge in [0.15, 0.2) is 5.82 Å². The molecule has 1 heterocycles. The number of nitrogen functional groups attached to an aromatic ring is 1. The second-order valence-corrected chi connectivity index (χ2v) is 5.23. The minimum atomic E-state index is 0.446. The van der Waals surface area contributed by atoms with Crippen molar-refractivity contribution >= 4 is 28.8 Å². The van der Waals surface area contributed by atoms with Crippen LogP contribution in [0.2, 0.25) is 5.15 Å². The van der Waals surface area contributed by atoms with Gasteiger partial charge < -0.3 is 11.1 Å². The Morgan fingerprint density at radius 1 is 1.11 bits per heavy atom. The normalized spacial score (nSPS) is 13.9. The maximum atomic E-state index is 5.93. The third-order valence-electron chi connectivity index (χ3n) is 3.54. The van der Waals surface area contributed by atoms with Crippen LogP contribution in [0.1, 0.15) is 24.0 Å². The van der Waals surface area contributed by atoms with Crippen molar-refractivity contribution in [3.05, 3.63) is 46.6 Å². The summed E-state index contributed by atoms with van der Waals surface area (Å²) in [6, 6.07) is 9.82. The Morgan fingerprint density at radius 2 is 1.95 bits per heavy atom. The number of aryl methyl sites for hydroxylation is 1. The Hall–Kier alpha value is -1.74. The topological polar surface area (TPSA) is 50.9 Å². The minimum absolute atomic E-state index is 0.446. The molecule has 1 aliphatic rings. The SMILES string of the molecule is Nc1ccc(Cl)nc1Nc1cccc2c1CCCC2. The maximum absolute atomic E-state index is 5.93. The molecule has 0 fully saturated rings. The number of aromatic nitrogens is 1. The molecule has 0 unspecified atom stereocenters. The van der Waals surface area contributed by atoms with Crippen LogP contribution < -0.4 is 11.1 Å². The highest BCUT2D eigenvalue weighted by atomic mass is 35.5. The zero-order valence-corrected chi connectivity index (χ0v) is 11.4. The van der Waals surface area contributed by atoms with Gasteiger partial charge in [0, 0.05) is 5.69 Å². The standard InChI is InChI=1S/C15H16ClN3/c16-14-9-8-12(17)15(19-14)18-13-7-3-5-10-4-1-2-6-11(10)13/h3,5,7-9H,1-2,4,6,17H2,(H,18,19). The van der Waals surface area contributed by atoms with Crippen molar-refractivity contribution in [2.75, 3.05) is 11.1 Å².